The Balaban J connectivity index is 2.06. The maximum Gasteiger partial charge on any atom is 0.329 e. The Kier molecular flexibility index (Phi) is 4.44. The Morgan fingerprint density at radius 1 is 1.52 bits per heavy atom. The second-order valence-electron chi connectivity index (χ2n) is 5.36. The number of aromatic nitrogens is 3. The second kappa shape index (κ2) is 6.11. The fourth-order valence-corrected chi connectivity index (χ4v) is 2.89. The SMILES string of the molecule is CCCC1(C(=O)O)CCCN1C(=O)NCc1nncn1C. The number of carboxylic acids is 1. The van der Waals surface area contributed by atoms with Crippen molar-refractivity contribution in [3.63, 3.8) is 0 Å². The van der Waals surface area contributed by atoms with Gasteiger partial charge in [0.25, 0.3) is 0 Å². The van der Waals surface area contributed by atoms with Crippen molar-refractivity contribution >= 4 is 12.0 Å². The first-order valence-electron chi connectivity index (χ1n) is 7.13. The third kappa shape index (κ3) is 2.84. The topological polar surface area (TPSA) is 100 Å². The summed E-state index contributed by atoms with van der Waals surface area (Å²) in [5.74, 6) is -0.297. The van der Waals surface area contributed by atoms with Crippen molar-refractivity contribution in [3.8, 4) is 0 Å². The second-order valence-corrected chi connectivity index (χ2v) is 5.36. The summed E-state index contributed by atoms with van der Waals surface area (Å²) < 4.78 is 1.71. The lowest BCUT2D eigenvalue weighted by molar-refractivity contribution is -0.148. The minimum atomic E-state index is -1.07. The van der Waals surface area contributed by atoms with E-state index in [9.17, 15) is 14.7 Å². The fraction of sp³-hybridized carbons (Fsp3) is 0.692. The number of nitrogens with one attached hydrogen (secondary N) is 1. The maximum atomic E-state index is 12.3. The molecule has 1 fully saturated rings. The molecular formula is C13H21N5O3. The van der Waals surface area contributed by atoms with E-state index in [0.29, 0.717) is 31.6 Å². The van der Waals surface area contributed by atoms with Gasteiger partial charge in [-0.05, 0) is 19.3 Å². The molecule has 2 heterocycles. The molecule has 2 N–H and O–H groups in total. The normalized spacial score (nSPS) is 21.5. The van der Waals surface area contributed by atoms with Crippen molar-refractivity contribution in [2.45, 2.75) is 44.7 Å². The molecule has 1 aliphatic rings. The van der Waals surface area contributed by atoms with E-state index >= 15 is 0 Å². The van der Waals surface area contributed by atoms with Crippen molar-refractivity contribution in [2.24, 2.45) is 7.05 Å². The van der Waals surface area contributed by atoms with E-state index in [-0.39, 0.29) is 12.6 Å². The highest BCUT2D eigenvalue weighted by atomic mass is 16.4. The highest BCUT2D eigenvalue weighted by Crippen LogP contribution is 2.34. The molecule has 2 amide bonds. The standard InChI is InChI=1S/C13H21N5O3/c1-3-5-13(11(19)20)6-4-7-18(13)12(21)14-8-10-16-15-9-17(10)2/h9H,3-8H2,1-2H3,(H,14,21)(H,19,20). The zero-order valence-electron chi connectivity index (χ0n) is 12.4. The molecule has 0 saturated carbocycles. The van der Waals surface area contributed by atoms with Crippen LogP contribution in [0.3, 0.4) is 0 Å². The van der Waals surface area contributed by atoms with E-state index in [2.05, 4.69) is 15.5 Å². The number of likely N-dealkylation sites (tertiary alicyclic amines) is 1. The van der Waals surface area contributed by atoms with Gasteiger partial charge in [-0.25, -0.2) is 9.59 Å². The van der Waals surface area contributed by atoms with E-state index in [1.54, 1.807) is 17.9 Å². The van der Waals surface area contributed by atoms with Crippen LogP contribution < -0.4 is 5.32 Å². The Morgan fingerprint density at radius 2 is 2.29 bits per heavy atom. The van der Waals surface area contributed by atoms with Crippen LogP contribution in [0.1, 0.15) is 38.4 Å². The molecule has 0 radical (unpaired) electrons. The Hall–Kier alpha value is -2.12. The monoisotopic (exact) mass is 295 g/mol. The van der Waals surface area contributed by atoms with Crippen LogP contribution in [0.15, 0.2) is 6.33 Å². The van der Waals surface area contributed by atoms with Gasteiger partial charge in [-0.2, -0.15) is 0 Å². The summed E-state index contributed by atoms with van der Waals surface area (Å²) in [4.78, 5) is 25.5. The van der Waals surface area contributed by atoms with Crippen LogP contribution in [0.25, 0.3) is 0 Å². The molecule has 0 bridgehead atoms. The number of urea groups is 1. The summed E-state index contributed by atoms with van der Waals surface area (Å²) in [6.07, 6.45) is 3.96. The van der Waals surface area contributed by atoms with Gasteiger partial charge in [-0.1, -0.05) is 13.3 Å². The summed E-state index contributed by atoms with van der Waals surface area (Å²) in [6.45, 7) is 2.63. The van der Waals surface area contributed by atoms with Crippen LogP contribution >= 0.6 is 0 Å². The third-order valence-corrected chi connectivity index (χ3v) is 4.00. The first kappa shape index (κ1) is 15.3. The molecule has 2 rings (SSSR count). The summed E-state index contributed by atoms with van der Waals surface area (Å²) in [5, 5.41) is 19.9. The van der Waals surface area contributed by atoms with Crippen molar-refractivity contribution in [3.05, 3.63) is 12.2 Å². The van der Waals surface area contributed by atoms with Gasteiger partial charge in [-0.15, -0.1) is 10.2 Å². The largest absolute Gasteiger partial charge is 0.479 e. The average Bonchev–Trinajstić information content (AvgIpc) is 3.04. The van der Waals surface area contributed by atoms with Gasteiger partial charge in [0.1, 0.15) is 11.9 Å². The smallest absolute Gasteiger partial charge is 0.329 e. The van der Waals surface area contributed by atoms with Crippen LogP contribution in [0, 0.1) is 0 Å². The highest BCUT2D eigenvalue weighted by Gasteiger charge is 2.49. The maximum absolute atomic E-state index is 12.3. The van der Waals surface area contributed by atoms with E-state index in [4.69, 9.17) is 0 Å². The van der Waals surface area contributed by atoms with Crippen LogP contribution in [0.2, 0.25) is 0 Å². The molecule has 1 aromatic rings. The van der Waals surface area contributed by atoms with Gasteiger partial charge in [0, 0.05) is 13.6 Å². The number of carbonyl (C=O) groups excluding carboxylic acids is 1. The van der Waals surface area contributed by atoms with Crippen molar-refractivity contribution < 1.29 is 14.7 Å². The van der Waals surface area contributed by atoms with Crippen LogP contribution in [-0.2, 0) is 18.4 Å². The first-order valence-corrected chi connectivity index (χ1v) is 7.13. The Labute approximate surface area is 123 Å². The van der Waals surface area contributed by atoms with Gasteiger partial charge in [0.15, 0.2) is 5.82 Å². The number of carboxylic acid groups (broad SMARTS) is 1. The molecule has 8 nitrogen and oxygen atoms in total. The van der Waals surface area contributed by atoms with Crippen LogP contribution in [-0.4, -0.2) is 48.9 Å². The van der Waals surface area contributed by atoms with E-state index < -0.39 is 11.5 Å². The summed E-state index contributed by atoms with van der Waals surface area (Å²) in [7, 11) is 1.79. The van der Waals surface area contributed by atoms with E-state index in [1.807, 2.05) is 6.92 Å². The minimum absolute atomic E-state index is 0.230. The van der Waals surface area contributed by atoms with E-state index in [1.165, 1.54) is 4.90 Å². The molecule has 0 spiro atoms. The average molecular weight is 295 g/mol. The van der Waals surface area contributed by atoms with Gasteiger partial charge in [0.2, 0.25) is 0 Å². The summed E-state index contributed by atoms with van der Waals surface area (Å²) >= 11 is 0. The molecular weight excluding hydrogens is 274 g/mol. The van der Waals surface area contributed by atoms with Crippen molar-refractivity contribution in [1.29, 1.82) is 0 Å². The van der Waals surface area contributed by atoms with Crippen molar-refractivity contribution in [1.82, 2.24) is 25.0 Å². The predicted octanol–water partition coefficient (Wildman–Crippen LogP) is 0.744. The Morgan fingerprint density at radius 3 is 2.86 bits per heavy atom. The number of rotatable bonds is 5. The lowest BCUT2D eigenvalue weighted by Gasteiger charge is -2.34. The van der Waals surface area contributed by atoms with Crippen LogP contribution in [0.5, 0.6) is 0 Å². The molecule has 116 valence electrons. The van der Waals surface area contributed by atoms with Crippen LogP contribution in [0.4, 0.5) is 4.79 Å². The molecule has 1 unspecified atom stereocenters. The summed E-state index contributed by atoms with van der Waals surface area (Å²) in [6, 6.07) is -0.355. The molecule has 8 heteroatoms. The quantitative estimate of drug-likeness (QED) is 0.834. The predicted molar refractivity (Wildman–Crippen MR) is 74.5 cm³/mol. The zero-order chi connectivity index (χ0) is 15.5. The highest BCUT2D eigenvalue weighted by molar-refractivity contribution is 5.87. The van der Waals surface area contributed by atoms with Gasteiger partial charge in [0.05, 0.1) is 6.54 Å². The summed E-state index contributed by atoms with van der Waals surface area (Å²) in [5.41, 5.74) is -1.07. The number of nitrogens with zero attached hydrogens (tertiary/aromatic N) is 4. The van der Waals surface area contributed by atoms with Gasteiger partial charge < -0.3 is 19.9 Å². The first-order chi connectivity index (χ1) is 10.0. The molecule has 0 aliphatic carbocycles. The van der Waals surface area contributed by atoms with Crippen molar-refractivity contribution in [2.75, 3.05) is 6.54 Å². The molecule has 1 aliphatic heterocycles. The Bertz CT molecular complexity index is 530. The lowest BCUT2D eigenvalue weighted by atomic mass is 9.91. The number of carbonyl (C=O) groups is 2. The van der Waals surface area contributed by atoms with Gasteiger partial charge in [-0.3, -0.25) is 0 Å². The number of amides is 2. The van der Waals surface area contributed by atoms with E-state index in [0.717, 1.165) is 6.42 Å². The molecule has 1 aromatic heterocycles. The zero-order valence-corrected chi connectivity index (χ0v) is 12.4. The number of hydrogen-bond acceptors (Lipinski definition) is 4. The number of aryl methyl sites for hydroxylation is 1. The number of hydrogen-bond donors (Lipinski definition) is 2. The molecule has 1 saturated heterocycles. The number of aliphatic carboxylic acids is 1. The lowest BCUT2D eigenvalue weighted by Crippen LogP contribution is -2.55. The molecule has 21 heavy (non-hydrogen) atoms. The van der Waals surface area contributed by atoms with Gasteiger partial charge >= 0.3 is 12.0 Å². The fourth-order valence-electron chi connectivity index (χ4n) is 2.89. The molecule has 0 aromatic carbocycles. The third-order valence-electron chi connectivity index (χ3n) is 4.00. The minimum Gasteiger partial charge on any atom is -0.479 e. The molecule has 1 atom stereocenters.